The normalized spacial score (nSPS) is 16.0. The van der Waals surface area contributed by atoms with Gasteiger partial charge in [-0.05, 0) is 18.2 Å². The number of piperazine rings is 1. The summed E-state index contributed by atoms with van der Waals surface area (Å²) in [7, 11) is 0. The zero-order chi connectivity index (χ0) is 21.1. The SMILES string of the molecule is CCN1CCN(C(=O)C[C@@H](c2ccccc2[N+](=O)[O-])c2c[nH]c3ccccc23)CC1. The Hall–Kier alpha value is -3.19. The number of likely N-dealkylation sites (N-methyl/N-ethyl adjacent to an activating group) is 1. The highest BCUT2D eigenvalue weighted by atomic mass is 16.6. The number of aromatic amines is 1. The number of fused-ring (bicyclic) bond motifs is 1. The average Bonchev–Trinajstić information content (AvgIpc) is 3.21. The van der Waals surface area contributed by atoms with Gasteiger partial charge in [0.2, 0.25) is 5.91 Å². The first kappa shape index (κ1) is 20.1. The van der Waals surface area contributed by atoms with Crippen LogP contribution in [0.2, 0.25) is 0 Å². The number of carbonyl (C=O) groups is 1. The Balaban J connectivity index is 1.70. The van der Waals surface area contributed by atoms with Gasteiger partial charge in [-0.1, -0.05) is 43.3 Å². The van der Waals surface area contributed by atoms with E-state index in [0.717, 1.165) is 36.1 Å². The molecule has 1 fully saturated rings. The van der Waals surface area contributed by atoms with Gasteiger partial charge in [0.25, 0.3) is 5.69 Å². The number of nitro groups is 1. The Kier molecular flexibility index (Phi) is 5.81. The molecule has 0 radical (unpaired) electrons. The van der Waals surface area contributed by atoms with Gasteiger partial charge in [-0.2, -0.15) is 0 Å². The second-order valence-corrected chi connectivity index (χ2v) is 7.68. The van der Waals surface area contributed by atoms with Crippen molar-refractivity contribution in [1.29, 1.82) is 0 Å². The maximum atomic E-state index is 13.2. The number of aromatic nitrogens is 1. The summed E-state index contributed by atoms with van der Waals surface area (Å²) in [6, 6.07) is 14.6. The van der Waals surface area contributed by atoms with Crippen molar-refractivity contribution < 1.29 is 9.72 Å². The fraction of sp³-hybridized carbons (Fsp3) is 0.348. The lowest BCUT2D eigenvalue weighted by Crippen LogP contribution is -2.48. The van der Waals surface area contributed by atoms with Crippen molar-refractivity contribution in [3.63, 3.8) is 0 Å². The van der Waals surface area contributed by atoms with Crippen LogP contribution in [0, 0.1) is 10.1 Å². The zero-order valence-electron chi connectivity index (χ0n) is 17.1. The van der Waals surface area contributed by atoms with Crippen LogP contribution in [0.4, 0.5) is 5.69 Å². The van der Waals surface area contributed by atoms with Crippen LogP contribution in [0.1, 0.15) is 30.4 Å². The molecule has 7 heteroatoms. The number of para-hydroxylation sites is 2. The number of hydrogen-bond acceptors (Lipinski definition) is 4. The lowest BCUT2D eigenvalue weighted by molar-refractivity contribution is -0.385. The van der Waals surface area contributed by atoms with Gasteiger partial charge in [0.05, 0.1) is 4.92 Å². The quantitative estimate of drug-likeness (QED) is 0.499. The summed E-state index contributed by atoms with van der Waals surface area (Å²) in [5.74, 6) is -0.348. The van der Waals surface area contributed by atoms with Crippen LogP contribution in [-0.2, 0) is 4.79 Å². The van der Waals surface area contributed by atoms with E-state index in [2.05, 4.69) is 16.8 Å². The number of nitro benzene ring substituents is 1. The molecule has 0 bridgehead atoms. The molecule has 156 valence electrons. The molecule has 0 saturated carbocycles. The highest BCUT2D eigenvalue weighted by Gasteiger charge is 2.30. The van der Waals surface area contributed by atoms with E-state index < -0.39 is 0 Å². The van der Waals surface area contributed by atoms with Crippen molar-refractivity contribution >= 4 is 22.5 Å². The Morgan fingerprint density at radius 2 is 1.77 bits per heavy atom. The summed E-state index contributed by atoms with van der Waals surface area (Å²) >= 11 is 0. The molecule has 1 aliphatic rings. The van der Waals surface area contributed by atoms with E-state index >= 15 is 0 Å². The summed E-state index contributed by atoms with van der Waals surface area (Å²) in [6.07, 6.45) is 2.09. The number of H-pyrrole nitrogens is 1. The van der Waals surface area contributed by atoms with E-state index in [4.69, 9.17) is 0 Å². The van der Waals surface area contributed by atoms with Crippen LogP contribution < -0.4 is 0 Å². The first-order valence-corrected chi connectivity index (χ1v) is 10.4. The van der Waals surface area contributed by atoms with Gasteiger partial charge >= 0.3 is 0 Å². The molecule has 4 rings (SSSR count). The number of nitrogens with one attached hydrogen (secondary N) is 1. The minimum Gasteiger partial charge on any atom is -0.361 e. The minimum atomic E-state index is -0.389. The number of rotatable bonds is 6. The maximum absolute atomic E-state index is 13.2. The standard InChI is InChI=1S/C23H26N4O3/c1-2-25-11-13-26(14-12-25)23(28)15-19(18-8-4-6-10-22(18)27(29)30)20-16-24-21-9-5-3-7-17(20)21/h3-10,16,19,24H,2,11-15H2,1H3/t19-/m0/s1. The summed E-state index contributed by atoms with van der Waals surface area (Å²) in [4.78, 5) is 32.0. The molecule has 0 aliphatic carbocycles. The molecule has 1 aliphatic heterocycles. The Morgan fingerprint density at radius 3 is 2.50 bits per heavy atom. The molecular formula is C23H26N4O3. The third-order valence-electron chi connectivity index (χ3n) is 6.06. The Bertz CT molecular complexity index is 1050. The molecule has 0 spiro atoms. The molecule has 1 saturated heterocycles. The largest absolute Gasteiger partial charge is 0.361 e. The second-order valence-electron chi connectivity index (χ2n) is 7.68. The van der Waals surface area contributed by atoms with Crippen molar-refractivity contribution in [2.45, 2.75) is 19.3 Å². The molecule has 1 aromatic heterocycles. The number of nitrogens with zero attached hydrogens (tertiary/aromatic N) is 3. The van der Waals surface area contributed by atoms with E-state index in [1.165, 1.54) is 6.07 Å². The van der Waals surface area contributed by atoms with Crippen molar-refractivity contribution in [3.05, 3.63) is 76.0 Å². The molecule has 1 atom stereocenters. The van der Waals surface area contributed by atoms with Crippen LogP contribution in [0.25, 0.3) is 10.9 Å². The van der Waals surface area contributed by atoms with Crippen molar-refractivity contribution in [1.82, 2.24) is 14.8 Å². The smallest absolute Gasteiger partial charge is 0.273 e. The van der Waals surface area contributed by atoms with Crippen molar-refractivity contribution in [3.8, 4) is 0 Å². The van der Waals surface area contributed by atoms with Gasteiger partial charge in [0, 0.05) is 67.2 Å². The predicted octanol–water partition coefficient (Wildman–Crippen LogP) is 3.76. The maximum Gasteiger partial charge on any atom is 0.273 e. The molecule has 0 unspecified atom stereocenters. The van der Waals surface area contributed by atoms with Gasteiger partial charge < -0.3 is 14.8 Å². The number of hydrogen-bond donors (Lipinski definition) is 1. The predicted molar refractivity (Wildman–Crippen MR) is 117 cm³/mol. The molecule has 1 amide bonds. The van der Waals surface area contributed by atoms with Gasteiger partial charge in [-0.15, -0.1) is 0 Å². The lowest BCUT2D eigenvalue weighted by Gasteiger charge is -2.34. The number of carbonyl (C=O) groups excluding carboxylic acids is 1. The first-order valence-electron chi connectivity index (χ1n) is 10.4. The summed E-state index contributed by atoms with van der Waals surface area (Å²) in [6.45, 7) is 6.24. The third-order valence-corrected chi connectivity index (χ3v) is 6.06. The summed E-state index contributed by atoms with van der Waals surface area (Å²) in [5.41, 5.74) is 2.50. The number of amides is 1. The van der Waals surface area contributed by atoms with E-state index in [1.54, 1.807) is 18.2 Å². The molecule has 2 aromatic carbocycles. The summed E-state index contributed by atoms with van der Waals surface area (Å²) < 4.78 is 0. The Morgan fingerprint density at radius 1 is 1.07 bits per heavy atom. The van der Waals surface area contributed by atoms with Gasteiger partial charge in [0.1, 0.15) is 0 Å². The molecule has 30 heavy (non-hydrogen) atoms. The molecule has 7 nitrogen and oxygen atoms in total. The lowest BCUT2D eigenvalue weighted by atomic mass is 9.86. The fourth-order valence-corrected chi connectivity index (χ4v) is 4.34. The minimum absolute atomic E-state index is 0.0409. The highest BCUT2D eigenvalue weighted by molar-refractivity contribution is 5.86. The van der Waals surface area contributed by atoms with E-state index in [-0.39, 0.29) is 28.9 Å². The monoisotopic (exact) mass is 406 g/mol. The number of benzene rings is 2. The van der Waals surface area contributed by atoms with Gasteiger partial charge in [-0.25, -0.2) is 0 Å². The van der Waals surface area contributed by atoms with Crippen LogP contribution in [0.15, 0.2) is 54.7 Å². The third kappa shape index (κ3) is 3.93. The van der Waals surface area contributed by atoms with E-state index in [9.17, 15) is 14.9 Å². The summed E-state index contributed by atoms with van der Waals surface area (Å²) in [5, 5.41) is 12.7. The van der Waals surface area contributed by atoms with Crippen LogP contribution in [0.3, 0.4) is 0 Å². The second kappa shape index (κ2) is 8.67. The molecule has 3 aromatic rings. The highest BCUT2D eigenvalue weighted by Crippen LogP contribution is 2.38. The molecular weight excluding hydrogens is 380 g/mol. The van der Waals surface area contributed by atoms with Crippen molar-refractivity contribution in [2.24, 2.45) is 0 Å². The zero-order valence-corrected chi connectivity index (χ0v) is 17.1. The van der Waals surface area contributed by atoms with Gasteiger partial charge in [-0.3, -0.25) is 14.9 Å². The Labute approximate surface area is 175 Å². The van der Waals surface area contributed by atoms with Crippen LogP contribution in [0.5, 0.6) is 0 Å². The van der Waals surface area contributed by atoms with E-state index in [1.807, 2.05) is 35.4 Å². The fourth-order valence-electron chi connectivity index (χ4n) is 4.34. The topological polar surface area (TPSA) is 82.5 Å². The van der Waals surface area contributed by atoms with Gasteiger partial charge in [0.15, 0.2) is 0 Å². The van der Waals surface area contributed by atoms with Crippen LogP contribution >= 0.6 is 0 Å². The first-order chi connectivity index (χ1) is 14.6. The van der Waals surface area contributed by atoms with Crippen molar-refractivity contribution in [2.75, 3.05) is 32.7 Å². The average molecular weight is 406 g/mol. The van der Waals surface area contributed by atoms with Crippen LogP contribution in [-0.4, -0.2) is 58.3 Å². The molecule has 1 N–H and O–H groups in total. The molecule has 2 heterocycles. The van der Waals surface area contributed by atoms with E-state index in [0.29, 0.717) is 18.7 Å².